The Morgan fingerprint density at radius 2 is 1.51 bits per heavy atom. The molecule has 0 bridgehead atoms. The van der Waals surface area contributed by atoms with Gasteiger partial charge >= 0.3 is 12.1 Å². The van der Waals surface area contributed by atoms with Gasteiger partial charge in [0.05, 0.1) is 6.61 Å². The van der Waals surface area contributed by atoms with Gasteiger partial charge in [-0.15, -0.1) is 0 Å². The quantitative estimate of drug-likeness (QED) is 0.371. The number of nitrogens with one attached hydrogen (secondary N) is 2. The zero-order chi connectivity index (χ0) is 24.7. The topological polar surface area (TPSA) is 114 Å². The summed E-state index contributed by atoms with van der Waals surface area (Å²) in [6.45, 7) is 0.244. The van der Waals surface area contributed by atoms with Gasteiger partial charge in [0.1, 0.15) is 18.8 Å². The number of carboxylic acids is 1. The minimum absolute atomic E-state index is 0.0151. The third-order valence-electron chi connectivity index (χ3n) is 6.84. The highest BCUT2D eigenvalue weighted by molar-refractivity contribution is 5.87. The summed E-state index contributed by atoms with van der Waals surface area (Å²) in [6.07, 6.45) is 3.80. The largest absolute Gasteiger partial charge is 0.480 e. The number of hydrogen-bond donors (Lipinski definition) is 3. The Kier molecular flexibility index (Phi) is 8.02. The number of amides is 2. The van der Waals surface area contributed by atoms with Gasteiger partial charge in [-0.3, -0.25) is 4.79 Å². The number of rotatable bonds is 9. The average Bonchev–Trinajstić information content (AvgIpc) is 2.98. The van der Waals surface area contributed by atoms with Crippen LogP contribution in [0.25, 0.3) is 11.1 Å². The lowest BCUT2D eigenvalue weighted by Gasteiger charge is -2.29. The van der Waals surface area contributed by atoms with Crippen molar-refractivity contribution in [3.63, 3.8) is 0 Å². The maximum Gasteiger partial charge on any atom is 0.407 e. The normalized spacial score (nSPS) is 16.5. The predicted octanol–water partition coefficient (Wildman–Crippen LogP) is 3.84. The van der Waals surface area contributed by atoms with Crippen LogP contribution in [0.4, 0.5) is 4.79 Å². The van der Waals surface area contributed by atoms with Crippen LogP contribution in [0.3, 0.4) is 0 Å². The van der Waals surface area contributed by atoms with Gasteiger partial charge < -0.3 is 25.2 Å². The molecule has 8 nitrogen and oxygen atoms in total. The molecule has 3 N–H and O–H groups in total. The number of hydrogen-bond acceptors (Lipinski definition) is 5. The summed E-state index contributed by atoms with van der Waals surface area (Å²) in [5.74, 6) is -1.47. The molecule has 2 aromatic rings. The summed E-state index contributed by atoms with van der Waals surface area (Å²) in [6, 6.07) is 16.3. The lowest BCUT2D eigenvalue weighted by atomic mass is 9.90. The number of benzene rings is 2. The average molecular weight is 481 g/mol. The fourth-order valence-corrected chi connectivity index (χ4v) is 5.07. The first-order valence-electron chi connectivity index (χ1n) is 12.2. The molecule has 2 aliphatic carbocycles. The molecule has 2 amide bonds. The lowest BCUT2D eigenvalue weighted by Crippen LogP contribution is -2.55. The second-order valence-electron chi connectivity index (χ2n) is 9.15. The lowest BCUT2D eigenvalue weighted by molar-refractivity contribution is -0.149. The SMILES string of the molecule is O=C(COCCNC(=O)OCC1c2ccccc2-c2ccccc21)NC1(C(=O)O)CCCCCC1. The maximum atomic E-state index is 12.3. The molecule has 186 valence electrons. The van der Waals surface area contributed by atoms with E-state index < -0.39 is 23.5 Å². The van der Waals surface area contributed by atoms with E-state index >= 15 is 0 Å². The predicted molar refractivity (Wildman–Crippen MR) is 130 cm³/mol. The highest BCUT2D eigenvalue weighted by atomic mass is 16.5. The van der Waals surface area contributed by atoms with E-state index in [4.69, 9.17) is 9.47 Å². The van der Waals surface area contributed by atoms with Crippen molar-refractivity contribution >= 4 is 18.0 Å². The maximum absolute atomic E-state index is 12.3. The molecule has 1 saturated carbocycles. The van der Waals surface area contributed by atoms with E-state index in [0.717, 1.165) is 47.9 Å². The molecule has 2 aromatic carbocycles. The number of alkyl carbamates (subject to hydrolysis) is 1. The van der Waals surface area contributed by atoms with Gasteiger partial charge in [-0.25, -0.2) is 9.59 Å². The fourth-order valence-electron chi connectivity index (χ4n) is 5.07. The van der Waals surface area contributed by atoms with Crippen LogP contribution in [0.15, 0.2) is 48.5 Å². The number of fused-ring (bicyclic) bond motifs is 3. The van der Waals surface area contributed by atoms with Crippen LogP contribution in [-0.4, -0.2) is 55.0 Å². The van der Waals surface area contributed by atoms with Crippen molar-refractivity contribution in [3.8, 4) is 11.1 Å². The highest BCUT2D eigenvalue weighted by Gasteiger charge is 2.40. The van der Waals surface area contributed by atoms with Crippen molar-refractivity contribution < 1.29 is 29.0 Å². The molecule has 0 unspecified atom stereocenters. The molecular formula is C27H32N2O6. The molecule has 0 aliphatic heterocycles. The third-order valence-corrected chi connectivity index (χ3v) is 6.84. The monoisotopic (exact) mass is 480 g/mol. The van der Waals surface area contributed by atoms with E-state index in [9.17, 15) is 19.5 Å². The van der Waals surface area contributed by atoms with Crippen LogP contribution in [0.1, 0.15) is 55.6 Å². The Labute approximate surface area is 205 Å². The van der Waals surface area contributed by atoms with Gasteiger partial charge in [0.2, 0.25) is 5.91 Å². The molecule has 0 aromatic heterocycles. The van der Waals surface area contributed by atoms with Crippen molar-refractivity contribution in [2.75, 3.05) is 26.4 Å². The number of carbonyl (C=O) groups is 3. The van der Waals surface area contributed by atoms with Gasteiger partial charge in [0, 0.05) is 12.5 Å². The van der Waals surface area contributed by atoms with Gasteiger partial charge in [-0.05, 0) is 35.1 Å². The molecule has 0 heterocycles. The van der Waals surface area contributed by atoms with Crippen molar-refractivity contribution in [2.24, 2.45) is 0 Å². The Bertz CT molecular complexity index is 1020. The van der Waals surface area contributed by atoms with Crippen LogP contribution in [-0.2, 0) is 19.1 Å². The molecule has 2 aliphatic rings. The third kappa shape index (κ3) is 5.82. The van der Waals surface area contributed by atoms with Gasteiger partial charge in [-0.1, -0.05) is 74.2 Å². The second-order valence-corrected chi connectivity index (χ2v) is 9.15. The number of carboxylic acid groups (broad SMARTS) is 1. The summed E-state index contributed by atoms with van der Waals surface area (Å²) < 4.78 is 10.8. The Hall–Kier alpha value is -3.39. The summed E-state index contributed by atoms with van der Waals surface area (Å²) in [7, 11) is 0. The number of carbonyl (C=O) groups excluding carboxylic acids is 2. The van der Waals surface area contributed by atoms with Crippen LogP contribution in [0.2, 0.25) is 0 Å². The first kappa shape index (κ1) is 24.7. The van der Waals surface area contributed by atoms with E-state index in [1.54, 1.807) is 0 Å². The molecule has 0 spiro atoms. The number of ether oxygens (including phenoxy) is 2. The summed E-state index contributed by atoms with van der Waals surface area (Å²) in [5.41, 5.74) is 3.40. The molecular weight excluding hydrogens is 448 g/mol. The minimum Gasteiger partial charge on any atom is -0.480 e. The zero-order valence-corrected chi connectivity index (χ0v) is 19.8. The molecule has 0 saturated heterocycles. The molecule has 35 heavy (non-hydrogen) atoms. The molecule has 8 heteroatoms. The standard InChI is InChI=1S/C27H32N2O6/c30-24(29-27(25(31)32)13-7-1-2-8-14-27)18-34-16-15-28-26(33)35-17-23-21-11-5-3-9-19(21)20-10-4-6-12-22(20)23/h3-6,9-12,23H,1-2,7-8,13-18H2,(H,28,33)(H,29,30)(H,31,32). The van der Waals surface area contributed by atoms with Gasteiger partial charge in [-0.2, -0.15) is 0 Å². The molecule has 1 fully saturated rings. The Balaban J connectivity index is 1.17. The van der Waals surface area contributed by atoms with Crippen molar-refractivity contribution in [1.29, 1.82) is 0 Å². The summed E-state index contributed by atoms with van der Waals surface area (Å²) in [5, 5.41) is 14.9. The zero-order valence-electron chi connectivity index (χ0n) is 19.8. The summed E-state index contributed by atoms with van der Waals surface area (Å²) >= 11 is 0. The van der Waals surface area contributed by atoms with Gasteiger partial charge in [0.15, 0.2) is 0 Å². The second kappa shape index (κ2) is 11.4. The first-order chi connectivity index (χ1) is 17.0. The van der Waals surface area contributed by atoms with Crippen LogP contribution < -0.4 is 10.6 Å². The Morgan fingerprint density at radius 1 is 0.914 bits per heavy atom. The van der Waals surface area contributed by atoms with Crippen molar-refractivity contribution in [1.82, 2.24) is 10.6 Å². The van der Waals surface area contributed by atoms with E-state index in [2.05, 4.69) is 34.9 Å². The van der Waals surface area contributed by atoms with Crippen LogP contribution in [0, 0.1) is 0 Å². The van der Waals surface area contributed by atoms with Gasteiger partial charge in [0.25, 0.3) is 0 Å². The number of aliphatic carboxylic acids is 1. The van der Waals surface area contributed by atoms with E-state index in [-0.39, 0.29) is 32.3 Å². The fraction of sp³-hybridized carbons (Fsp3) is 0.444. The summed E-state index contributed by atoms with van der Waals surface area (Å²) in [4.78, 5) is 36.3. The molecule has 0 atom stereocenters. The van der Waals surface area contributed by atoms with E-state index in [1.807, 2.05) is 24.3 Å². The van der Waals surface area contributed by atoms with E-state index in [0.29, 0.717) is 12.8 Å². The highest BCUT2D eigenvalue weighted by Crippen LogP contribution is 2.44. The molecule has 0 radical (unpaired) electrons. The van der Waals surface area contributed by atoms with Crippen molar-refractivity contribution in [2.45, 2.75) is 50.0 Å². The Morgan fingerprint density at radius 3 is 2.11 bits per heavy atom. The van der Waals surface area contributed by atoms with Crippen LogP contribution in [0.5, 0.6) is 0 Å². The first-order valence-corrected chi connectivity index (χ1v) is 12.2. The minimum atomic E-state index is -1.21. The van der Waals surface area contributed by atoms with Crippen molar-refractivity contribution in [3.05, 3.63) is 59.7 Å². The van der Waals surface area contributed by atoms with Crippen LogP contribution >= 0.6 is 0 Å². The van der Waals surface area contributed by atoms with E-state index in [1.165, 1.54) is 0 Å². The molecule has 4 rings (SSSR count). The smallest absolute Gasteiger partial charge is 0.407 e.